The lowest BCUT2D eigenvalue weighted by atomic mass is 10.2. The van der Waals surface area contributed by atoms with Crippen molar-refractivity contribution in [2.45, 2.75) is 73.9 Å². The van der Waals surface area contributed by atoms with Crippen LogP contribution in [-0.2, 0) is 0 Å². The van der Waals surface area contributed by atoms with Gasteiger partial charge >= 0.3 is 0 Å². The molecule has 0 aromatic carbocycles. The average Bonchev–Trinajstić information content (AvgIpc) is 2.46. The molecule has 6 heteroatoms. The molecule has 0 amide bonds. The zero-order valence-electron chi connectivity index (χ0n) is 13.6. The maximum atomic E-state index is 5.71. The van der Waals surface area contributed by atoms with Gasteiger partial charge in [0, 0.05) is 0 Å². The third kappa shape index (κ3) is 22.0. The minimum absolute atomic E-state index is 0.166. The van der Waals surface area contributed by atoms with Crippen LogP contribution < -0.4 is 0 Å². The molecule has 2 atom stereocenters. The van der Waals surface area contributed by atoms with E-state index < -0.39 is 0 Å². The van der Waals surface area contributed by atoms with E-state index in [2.05, 4.69) is 0 Å². The summed E-state index contributed by atoms with van der Waals surface area (Å²) in [6.45, 7) is 0. The van der Waals surface area contributed by atoms with Crippen molar-refractivity contribution in [1.82, 2.24) is 0 Å². The number of halogens is 4. The van der Waals surface area contributed by atoms with Crippen molar-refractivity contribution in [3.63, 3.8) is 0 Å². The minimum Gasteiger partial charge on any atom is -0.122 e. The summed E-state index contributed by atoms with van der Waals surface area (Å²) in [5.74, 6) is 0. The van der Waals surface area contributed by atoms with Crippen molar-refractivity contribution in [2.24, 2.45) is 0 Å². The highest BCUT2D eigenvalue weighted by Crippen LogP contribution is 2.21. The standard InChI is InChI=1S/C16H32Cl4P2/c17-15(18)9-3-1-5-11-21-13-7-8-14-22-12-6-2-4-10-16(19)20/h15-16,21-22H,1-14H2. The van der Waals surface area contributed by atoms with Crippen LogP contribution in [0.5, 0.6) is 0 Å². The van der Waals surface area contributed by atoms with Crippen molar-refractivity contribution < 1.29 is 0 Å². The molecule has 0 aliphatic heterocycles. The van der Waals surface area contributed by atoms with Gasteiger partial charge in [-0.15, -0.1) is 63.6 Å². The molecule has 0 spiro atoms. The van der Waals surface area contributed by atoms with Gasteiger partial charge in [0.15, 0.2) is 0 Å². The number of alkyl halides is 4. The van der Waals surface area contributed by atoms with Gasteiger partial charge in [-0.1, -0.05) is 25.7 Å². The van der Waals surface area contributed by atoms with Gasteiger partial charge in [-0.25, -0.2) is 0 Å². The highest BCUT2D eigenvalue weighted by Gasteiger charge is 1.99. The molecule has 134 valence electrons. The van der Waals surface area contributed by atoms with E-state index in [1.165, 1.54) is 76.0 Å². The normalized spacial score (nSPS) is 12.8. The van der Waals surface area contributed by atoms with Gasteiger partial charge in [0.05, 0.1) is 0 Å². The van der Waals surface area contributed by atoms with Crippen molar-refractivity contribution in [3.8, 4) is 0 Å². The average molecular weight is 428 g/mol. The Bertz CT molecular complexity index is 194. The Balaban J connectivity index is 2.97. The third-order valence-corrected chi connectivity index (χ3v) is 7.21. The number of unbranched alkanes of at least 4 members (excludes halogenated alkanes) is 5. The highest BCUT2D eigenvalue weighted by atomic mass is 35.5. The fourth-order valence-corrected chi connectivity index (χ4v) is 5.32. The lowest BCUT2D eigenvalue weighted by Gasteiger charge is -2.04. The smallest absolute Gasteiger partial charge is 0.107 e. The molecule has 0 fully saturated rings. The van der Waals surface area contributed by atoms with Gasteiger partial charge in [-0.3, -0.25) is 0 Å². The molecule has 2 unspecified atom stereocenters. The van der Waals surface area contributed by atoms with E-state index in [4.69, 9.17) is 46.4 Å². The molecule has 22 heavy (non-hydrogen) atoms. The lowest BCUT2D eigenvalue weighted by Crippen LogP contribution is -1.89. The van der Waals surface area contributed by atoms with Gasteiger partial charge in [0.1, 0.15) is 9.67 Å². The van der Waals surface area contributed by atoms with Crippen molar-refractivity contribution >= 4 is 63.6 Å². The molecule has 0 saturated carbocycles. The van der Waals surface area contributed by atoms with E-state index in [9.17, 15) is 0 Å². The van der Waals surface area contributed by atoms with Crippen LogP contribution in [0.4, 0.5) is 0 Å². The summed E-state index contributed by atoms with van der Waals surface area (Å²) >= 11 is 22.8. The molecular weight excluding hydrogens is 396 g/mol. The molecule has 0 aromatic heterocycles. The second-order valence-electron chi connectivity index (χ2n) is 5.69. The summed E-state index contributed by atoms with van der Waals surface area (Å²) in [6.07, 6.45) is 18.1. The Hall–Kier alpha value is 2.02. The first kappa shape index (κ1) is 24.0. The van der Waals surface area contributed by atoms with Crippen LogP contribution in [0.25, 0.3) is 0 Å². The Labute approximate surface area is 161 Å². The summed E-state index contributed by atoms with van der Waals surface area (Å²) in [5.41, 5.74) is 0. The molecule has 0 rings (SSSR count). The van der Waals surface area contributed by atoms with Crippen LogP contribution in [0.2, 0.25) is 0 Å². The van der Waals surface area contributed by atoms with Crippen LogP contribution in [0.3, 0.4) is 0 Å². The van der Waals surface area contributed by atoms with E-state index in [1.54, 1.807) is 0 Å². The topological polar surface area (TPSA) is 0 Å². The predicted octanol–water partition coefficient (Wildman–Crippen LogP) is 7.85. The summed E-state index contributed by atoms with van der Waals surface area (Å²) in [5, 5.41) is 0. The molecule has 0 N–H and O–H groups in total. The Morgan fingerprint density at radius 3 is 1.09 bits per heavy atom. The monoisotopic (exact) mass is 426 g/mol. The quantitative estimate of drug-likeness (QED) is 0.126. The molecule has 0 aromatic rings. The molecule has 0 heterocycles. The van der Waals surface area contributed by atoms with Crippen molar-refractivity contribution in [1.29, 1.82) is 0 Å². The van der Waals surface area contributed by atoms with E-state index in [0.29, 0.717) is 0 Å². The van der Waals surface area contributed by atoms with E-state index >= 15 is 0 Å². The highest BCUT2D eigenvalue weighted by molar-refractivity contribution is 7.38. The summed E-state index contributed by atoms with van der Waals surface area (Å²) in [7, 11) is 2.32. The zero-order valence-corrected chi connectivity index (χ0v) is 18.6. The molecule has 0 aliphatic carbocycles. The predicted molar refractivity (Wildman–Crippen MR) is 113 cm³/mol. The maximum absolute atomic E-state index is 5.71. The van der Waals surface area contributed by atoms with E-state index in [0.717, 1.165) is 30.0 Å². The summed E-state index contributed by atoms with van der Waals surface area (Å²) in [4.78, 5) is -0.332. The van der Waals surface area contributed by atoms with Crippen LogP contribution in [-0.4, -0.2) is 34.3 Å². The van der Waals surface area contributed by atoms with Crippen LogP contribution in [0, 0.1) is 0 Å². The number of hydrogen-bond acceptors (Lipinski definition) is 0. The van der Waals surface area contributed by atoms with E-state index in [1.807, 2.05) is 0 Å². The third-order valence-electron chi connectivity index (χ3n) is 3.51. The van der Waals surface area contributed by atoms with Crippen LogP contribution in [0.15, 0.2) is 0 Å². The summed E-state index contributed by atoms with van der Waals surface area (Å²) < 4.78 is 0. The zero-order chi connectivity index (χ0) is 16.5. The van der Waals surface area contributed by atoms with Gasteiger partial charge in [-0.2, -0.15) is 0 Å². The van der Waals surface area contributed by atoms with Crippen LogP contribution in [0.1, 0.15) is 64.2 Å². The first-order chi connectivity index (χ1) is 10.6. The van der Waals surface area contributed by atoms with Crippen molar-refractivity contribution in [2.75, 3.05) is 24.6 Å². The molecule has 0 saturated heterocycles. The van der Waals surface area contributed by atoms with Gasteiger partial charge < -0.3 is 0 Å². The molecule has 0 aliphatic rings. The van der Waals surface area contributed by atoms with Gasteiger partial charge in [0.25, 0.3) is 0 Å². The fourth-order valence-electron chi connectivity index (χ4n) is 2.20. The number of rotatable bonds is 17. The molecular formula is C16H32Cl4P2. The SMILES string of the molecule is ClC(Cl)CCCCCPCCCCPCCCCCC(Cl)Cl. The maximum Gasteiger partial charge on any atom is 0.107 e. The van der Waals surface area contributed by atoms with Gasteiger partial charge in [-0.05, 0) is 63.2 Å². The van der Waals surface area contributed by atoms with Crippen molar-refractivity contribution in [3.05, 3.63) is 0 Å². The Morgan fingerprint density at radius 1 is 0.455 bits per heavy atom. The molecule has 0 radical (unpaired) electrons. The first-order valence-electron chi connectivity index (χ1n) is 8.60. The molecule has 0 nitrogen and oxygen atoms in total. The lowest BCUT2D eigenvalue weighted by molar-refractivity contribution is 0.695. The second kappa shape index (κ2) is 19.3. The fraction of sp³-hybridized carbons (Fsp3) is 1.00. The Morgan fingerprint density at radius 2 is 0.773 bits per heavy atom. The van der Waals surface area contributed by atoms with E-state index in [-0.39, 0.29) is 9.67 Å². The second-order valence-corrected chi connectivity index (χ2v) is 11.2. The first-order valence-corrected chi connectivity index (χ1v) is 13.2. The number of hydrogen-bond donors (Lipinski definition) is 0. The van der Waals surface area contributed by atoms with Gasteiger partial charge in [0.2, 0.25) is 0 Å². The van der Waals surface area contributed by atoms with Crippen LogP contribution >= 0.6 is 63.6 Å². The largest absolute Gasteiger partial charge is 0.122 e. The minimum atomic E-state index is -0.166. The Kier molecular flexibility index (Phi) is 21.1. The molecule has 0 bridgehead atoms. The summed E-state index contributed by atoms with van der Waals surface area (Å²) in [6, 6.07) is 0.